The van der Waals surface area contributed by atoms with Crippen LogP contribution in [0.25, 0.3) is 0 Å². The van der Waals surface area contributed by atoms with E-state index in [9.17, 15) is 10.2 Å². The van der Waals surface area contributed by atoms with Crippen molar-refractivity contribution in [1.82, 2.24) is 0 Å². The van der Waals surface area contributed by atoms with Crippen LogP contribution in [0.1, 0.15) is 27.7 Å². The minimum Gasteiger partial charge on any atom is -0.394 e. The van der Waals surface area contributed by atoms with E-state index in [0.29, 0.717) is 0 Å². The Morgan fingerprint density at radius 1 is 1.19 bits per heavy atom. The maximum atomic E-state index is 9.80. The van der Waals surface area contributed by atoms with E-state index in [4.69, 9.17) is 14.6 Å². The normalized spacial score (nSPS) is 41.1. The number of aliphatic hydroxyl groups is 3. The zero-order valence-electron chi connectivity index (χ0n) is 10.3. The van der Waals surface area contributed by atoms with Crippen LogP contribution < -0.4 is 0 Å². The van der Waals surface area contributed by atoms with Crippen molar-refractivity contribution in [2.75, 3.05) is 6.61 Å². The first-order valence-corrected chi connectivity index (χ1v) is 5.56. The minimum absolute atomic E-state index is 0.199. The molecule has 1 aliphatic rings. The van der Waals surface area contributed by atoms with Crippen LogP contribution in [0.15, 0.2) is 0 Å². The summed E-state index contributed by atoms with van der Waals surface area (Å²) in [5.74, 6) is -0.320. The van der Waals surface area contributed by atoms with Gasteiger partial charge in [0.05, 0.1) is 24.4 Å². The number of aliphatic hydroxyl groups excluding tert-OH is 3. The topological polar surface area (TPSA) is 79.2 Å². The molecule has 3 unspecified atom stereocenters. The number of ether oxygens (including phenoxy) is 2. The number of hydrogen-bond acceptors (Lipinski definition) is 5. The predicted molar refractivity (Wildman–Crippen MR) is 57.8 cm³/mol. The monoisotopic (exact) mass is 234 g/mol. The highest BCUT2D eigenvalue weighted by molar-refractivity contribution is 4.87. The van der Waals surface area contributed by atoms with Crippen molar-refractivity contribution < 1.29 is 24.8 Å². The van der Waals surface area contributed by atoms with Gasteiger partial charge in [-0.15, -0.1) is 0 Å². The van der Waals surface area contributed by atoms with Crippen LogP contribution in [0.4, 0.5) is 0 Å². The highest BCUT2D eigenvalue weighted by Gasteiger charge is 2.43. The maximum Gasteiger partial charge on any atom is 0.187 e. The summed E-state index contributed by atoms with van der Waals surface area (Å²) in [6, 6.07) is 0. The average Bonchev–Trinajstić information content (AvgIpc) is 2.17. The molecule has 1 saturated heterocycles. The molecule has 3 N–H and O–H groups in total. The van der Waals surface area contributed by atoms with Crippen LogP contribution in [0.3, 0.4) is 0 Å². The first-order chi connectivity index (χ1) is 7.26. The molecule has 0 aromatic heterocycles. The van der Waals surface area contributed by atoms with Crippen molar-refractivity contribution >= 4 is 0 Å². The Bertz CT molecular complexity index is 223. The molecule has 5 nitrogen and oxygen atoms in total. The molecule has 0 amide bonds. The van der Waals surface area contributed by atoms with Crippen molar-refractivity contribution in [1.29, 1.82) is 0 Å². The van der Waals surface area contributed by atoms with E-state index >= 15 is 0 Å². The molecule has 1 fully saturated rings. The van der Waals surface area contributed by atoms with E-state index in [-0.39, 0.29) is 12.5 Å². The maximum absolute atomic E-state index is 9.80. The standard InChI is InChI=1S/C11H22O5/c1-6-7(5-12)15-10(9(14)8(6)13)16-11(2,3)4/h6-10,12-14H,5H2,1-4H3/t6-,7?,8?,9?,10+/m1/s1. The Hall–Kier alpha value is -0.200. The van der Waals surface area contributed by atoms with Gasteiger partial charge in [-0.3, -0.25) is 0 Å². The summed E-state index contributed by atoms with van der Waals surface area (Å²) in [6.45, 7) is 7.03. The zero-order chi connectivity index (χ0) is 12.5. The molecule has 96 valence electrons. The summed E-state index contributed by atoms with van der Waals surface area (Å²) in [5.41, 5.74) is -0.480. The molecular weight excluding hydrogens is 212 g/mol. The van der Waals surface area contributed by atoms with E-state index in [1.165, 1.54) is 0 Å². The summed E-state index contributed by atoms with van der Waals surface area (Å²) in [5, 5.41) is 28.7. The molecule has 0 radical (unpaired) electrons. The predicted octanol–water partition coefficient (Wildman–Crippen LogP) is -0.123. The first-order valence-electron chi connectivity index (χ1n) is 5.56. The minimum atomic E-state index is -1.09. The highest BCUT2D eigenvalue weighted by Crippen LogP contribution is 2.28. The summed E-state index contributed by atoms with van der Waals surface area (Å²) in [6.07, 6.45) is -3.44. The first kappa shape index (κ1) is 13.9. The van der Waals surface area contributed by atoms with Gasteiger partial charge in [0, 0.05) is 5.92 Å². The lowest BCUT2D eigenvalue weighted by atomic mass is 9.91. The van der Waals surface area contributed by atoms with E-state index in [2.05, 4.69) is 0 Å². The number of rotatable bonds is 2. The van der Waals surface area contributed by atoms with Gasteiger partial charge in [-0.25, -0.2) is 0 Å². The third kappa shape index (κ3) is 3.15. The van der Waals surface area contributed by atoms with Gasteiger partial charge < -0.3 is 24.8 Å². The third-order valence-corrected chi connectivity index (χ3v) is 2.71. The Balaban J connectivity index is 2.71. The fraction of sp³-hybridized carbons (Fsp3) is 1.00. The van der Waals surface area contributed by atoms with Crippen molar-refractivity contribution in [2.24, 2.45) is 5.92 Å². The van der Waals surface area contributed by atoms with Gasteiger partial charge in [0.2, 0.25) is 0 Å². The number of hydrogen-bond donors (Lipinski definition) is 3. The van der Waals surface area contributed by atoms with E-state index < -0.39 is 30.2 Å². The van der Waals surface area contributed by atoms with Crippen LogP contribution in [0.2, 0.25) is 0 Å². The fourth-order valence-electron chi connectivity index (χ4n) is 1.72. The molecule has 5 atom stereocenters. The second-order valence-electron chi connectivity index (χ2n) is 5.30. The average molecular weight is 234 g/mol. The van der Waals surface area contributed by atoms with Gasteiger partial charge in [-0.1, -0.05) is 6.92 Å². The second-order valence-corrected chi connectivity index (χ2v) is 5.30. The molecule has 0 spiro atoms. The van der Waals surface area contributed by atoms with Gasteiger partial charge in [-0.2, -0.15) is 0 Å². The Morgan fingerprint density at radius 2 is 1.75 bits per heavy atom. The van der Waals surface area contributed by atoms with Gasteiger partial charge in [0.1, 0.15) is 6.10 Å². The van der Waals surface area contributed by atoms with E-state index in [1.807, 2.05) is 20.8 Å². The molecule has 0 aromatic carbocycles. The van der Waals surface area contributed by atoms with Crippen molar-refractivity contribution in [3.63, 3.8) is 0 Å². The SMILES string of the molecule is C[C@@H]1C(CO)O[C@@H](OC(C)(C)C)C(O)C1O. The molecule has 0 aliphatic carbocycles. The van der Waals surface area contributed by atoms with Gasteiger partial charge >= 0.3 is 0 Å². The smallest absolute Gasteiger partial charge is 0.187 e. The molecular formula is C11H22O5. The van der Waals surface area contributed by atoms with Crippen LogP contribution in [-0.4, -0.2) is 52.1 Å². The molecule has 1 aliphatic heterocycles. The Morgan fingerprint density at radius 3 is 2.19 bits per heavy atom. The van der Waals surface area contributed by atoms with Crippen LogP contribution >= 0.6 is 0 Å². The van der Waals surface area contributed by atoms with Crippen molar-refractivity contribution in [2.45, 2.75) is 57.9 Å². The molecule has 0 aromatic rings. The van der Waals surface area contributed by atoms with Crippen molar-refractivity contribution in [3.05, 3.63) is 0 Å². The highest BCUT2D eigenvalue weighted by atomic mass is 16.7. The van der Waals surface area contributed by atoms with Crippen LogP contribution in [0, 0.1) is 5.92 Å². The van der Waals surface area contributed by atoms with Gasteiger partial charge in [0.15, 0.2) is 6.29 Å². The largest absolute Gasteiger partial charge is 0.394 e. The molecule has 0 bridgehead atoms. The Kier molecular flexibility index (Phi) is 4.31. The van der Waals surface area contributed by atoms with Gasteiger partial charge in [0.25, 0.3) is 0 Å². The van der Waals surface area contributed by atoms with E-state index in [0.717, 1.165) is 0 Å². The van der Waals surface area contributed by atoms with Crippen molar-refractivity contribution in [3.8, 4) is 0 Å². The quantitative estimate of drug-likeness (QED) is 0.620. The summed E-state index contributed by atoms with van der Waals surface area (Å²) < 4.78 is 10.9. The lowest BCUT2D eigenvalue weighted by molar-refractivity contribution is -0.310. The van der Waals surface area contributed by atoms with Gasteiger partial charge in [-0.05, 0) is 20.8 Å². The van der Waals surface area contributed by atoms with Crippen LogP contribution in [-0.2, 0) is 9.47 Å². The fourth-order valence-corrected chi connectivity index (χ4v) is 1.72. The molecule has 0 saturated carbocycles. The summed E-state index contributed by atoms with van der Waals surface area (Å²) >= 11 is 0. The molecule has 1 heterocycles. The second kappa shape index (κ2) is 4.98. The lowest BCUT2D eigenvalue weighted by Gasteiger charge is -2.42. The molecule has 1 rings (SSSR count). The molecule has 5 heteroatoms. The van der Waals surface area contributed by atoms with Crippen LogP contribution in [0.5, 0.6) is 0 Å². The summed E-state index contributed by atoms with van der Waals surface area (Å²) in [7, 11) is 0. The Labute approximate surface area is 96.0 Å². The zero-order valence-corrected chi connectivity index (χ0v) is 10.3. The molecule has 16 heavy (non-hydrogen) atoms. The third-order valence-electron chi connectivity index (χ3n) is 2.71. The lowest BCUT2D eigenvalue weighted by Crippen LogP contribution is -2.56. The van der Waals surface area contributed by atoms with E-state index in [1.54, 1.807) is 6.92 Å². The summed E-state index contributed by atoms with van der Waals surface area (Å²) in [4.78, 5) is 0.